The van der Waals surface area contributed by atoms with Gasteiger partial charge in [0.2, 0.25) is 10.0 Å². The molecule has 1 N–H and O–H groups in total. The van der Waals surface area contributed by atoms with Crippen LogP contribution in [0.5, 0.6) is 0 Å². The van der Waals surface area contributed by atoms with Gasteiger partial charge in [0.15, 0.2) is 0 Å². The van der Waals surface area contributed by atoms with E-state index >= 15 is 0 Å². The van der Waals surface area contributed by atoms with Crippen LogP contribution in [0.3, 0.4) is 0 Å². The molecule has 0 atom stereocenters. The number of hydrogen-bond donors (Lipinski definition) is 1. The first-order chi connectivity index (χ1) is 13.0. The number of rotatable bonds is 4. The Morgan fingerprint density at radius 3 is 2.56 bits per heavy atom. The van der Waals surface area contributed by atoms with Crippen LogP contribution in [0.2, 0.25) is 0 Å². The SMILES string of the molecule is O=C(Nc1ccc2c(c1)CN(S(=O)(=O)c1ccccc1)CC2)c1cccs1. The minimum absolute atomic E-state index is 0.158. The van der Waals surface area contributed by atoms with Crippen LogP contribution in [0.15, 0.2) is 70.9 Å². The number of sulfonamides is 1. The van der Waals surface area contributed by atoms with Gasteiger partial charge in [-0.15, -0.1) is 11.3 Å². The lowest BCUT2D eigenvalue weighted by molar-refractivity contribution is 0.103. The Balaban J connectivity index is 1.56. The molecule has 2 heterocycles. The molecule has 1 aliphatic rings. The number of carbonyl (C=O) groups is 1. The van der Waals surface area contributed by atoms with E-state index in [1.54, 1.807) is 36.4 Å². The summed E-state index contributed by atoms with van der Waals surface area (Å²) in [5.41, 5.74) is 2.71. The molecule has 4 rings (SSSR count). The van der Waals surface area contributed by atoms with Crippen LogP contribution in [-0.2, 0) is 23.0 Å². The van der Waals surface area contributed by atoms with E-state index in [2.05, 4.69) is 5.32 Å². The van der Waals surface area contributed by atoms with Crippen LogP contribution in [0.25, 0.3) is 0 Å². The number of amides is 1. The molecule has 0 bridgehead atoms. The Bertz CT molecular complexity index is 1060. The quantitative estimate of drug-likeness (QED) is 0.728. The molecule has 3 aromatic rings. The molecular weight excluding hydrogens is 380 g/mol. The van der Waals surface area contributed by atoms with E-state index in [1.807, 2.05) is 29.6 Å². The number of nitrogens with zero attached hydrogens (tertiary/aromatic N) is 1. The minimum atomic E-state index is -3.53. The average Bonchev–Trinajstić information content (AvgIpc) is 3.23. The number of carbonyl (C=O) groups excluding carboxylic acids is 1. The monoisotopic (exact) mass is 398 g/mol. The molecule has 0 spiro atoms. The second kappa shape index (κ2) is 7.26. The predicted molar refractivity (Wildman–Crippen MR) is 106 cm³/mol. The molecule has 0 aliphatic carbocycles. The Kier molecular flexibility index (Phi) is 4.82. The van der Waals surface area contributed by atoms with Crippen molar-refractivity contribution in [1.29, 1.82) is 0 Å². The highest BCUT2D eigenvalue weighted by atomic mass is 32.2. The molecule has 0 fully saturated rings. The zero-order valence-corrected chi connectivity index (χ0v) is 16.1. The van der Waals surface area contributed by atoms with Gasteiger partial charge in [0, 0.05) is 18.8 Å². The molecule has 27 heavy (non-hydrogen) atoms. The maximum absolute atomic E-state index is 12.9. The molecule has 138 valence electrons. The van der Waals surface area contributed by atoms with Crippen molar-refractivity contribution in [1.82, 2.24) is 4.31 Å². The highest BCUT2D eigenvalue weighted by Gasteiger charge is 2.28. The third-order valence-corrected chi connectivity index (χ3v) is 7.30. The molecule has 0 unspecified atom stereocenters. The summed E-state index contributed by atoms with van der Waals surface area (Å²) >= 11 is 1.38. The van der Waals surface area contributed by atoms with Crippen LogP contribution >= 0.6 is 11.3 Å². The van der Waals surface area contributed by atoms with Gasteiger partial charge >= 0.3 is 0 Å². The van der Waals surface area contributed by atoms with Gasteiger partial charge < -0.3 is 5.32 Å². The average molecular weight is 399 g/mol. The van der Waals surface area contributed by atoms with Gasteiger partial charge in [-0.1, -0.05) is 30.3 Å². The Labute approximate surface area is 162 Å². The summed E-state index contributed by atoms with van der Waals surface area (Å²) in [6.07, 6.45) is 0.653. The molecule has 7 heteroatoms. The summed E-state index contributed by atoms with van der Waals surface area (Å²) < 4.78 is 27.2. The lowest BCUT2D eigenvalue weighted by Crippen LogP contribution is -2.36. The van der Waals surface area contributed by atoms with Crippen molar-refractivity contribution in [3.8, 4) is 0 Å². The molecule has 1 amide bonds. The predicted octanol–water partition coefficient (Wildman–Crippen LogP) is 3.75. The highest BCUT2D eigenvalue weighted by molar-refractivity contribution is 7.89. The third-order valence-electron chi connectivity index (χ3n) is 4.57. The molecular formula is C20H18N2O3S2. The molecule has 1 aromatic heterocycles. The zero-order chi connectivity index (χ0) is 18.9. The summed E-state index contributed by atoms with van der Waals surface area (Å²) in [6, 6.07) is 17.8. The van der Waals surface area contributed by atoms with Crippen molar-refractivity contribution in [3.63, 3.8) is 0 Å². The Morgan fingerprint density at radius 1 is 1.00 bits per heavy atom. The van der Waals surface area contributed by atoms with Crippen molar-refractivity contribution in [2.45, 2.75) is 17.9 Å². The van der Waals surface area contributed by atoms with Crippen molar-refractivity contribution in [2.75, 3.05) is 11.9 Å². The smallest absolute Gasteiger partial charge is 0.265 e. The molecule has 2 aromatic carbocycles. The first-order valence-corrected chi connectivity index (χ1v) is 10.9. The van der Waals surface area contributed by atoms with Crippen LogP contribution in [0, 0.1) is 0 Å². The van der Waals surface area contributed by atoms with E-state index in [0.29, 0.717) is 35.0 Å². The van der Waals surface area contributed by atoms with E-state index in [1.165, 1.54) is 15.6 Å². The fraction of sp³-hybridized carbons (Fsp3) is 0.150. The first-order valence-electron chi connectivity index (χ1n) is 8.56. The highest BCUT2D eigenvalue weighted by Crippen LogP contribution is 2.27. The van der Waals surface area contributed by atoms with Crippen LogP contribution < -0.4 is 5.32 Å². The van der Waals surface area contributed by atoms with Gasteiger partial charge in [0.25, 0.3) is 5.91 Å². The molecule has 1 aliphatic heterocycles. The molecule has 0 saturated heterocycles. The Hall–Kier alpha value is -2.48. The van der Waals surface area contributed by atoms with Crippen LogP contribution in [0.4, 0.5) is 5.69 Å². The summed E-state index contributed by atoms with van der Waals surface area (Å²) in [4.78, 5) is 13.2. The molecule has 5 nitrogen and oxygen atoms in total. The van der Waals surface area contributed by atoms with Crippen LogP contribution in [0.1, 0.15) is 20.8 Å². The fourth-order valence-corrected chi connectivity index (χ4v) is 5.21. The molecule has 0 saturated carbocycles. The second-order valence-corrected chi connectivity index (χ2v) is 9.20. The lowest BCUT2D eigenvalue weighted by atomic mass is 10.0. The number of hydrogen-bond acceptors (Lipinski definition) is 4. The summed E-state index contributed by atoms with van der Waals surface area (Å²) in [5.74, 6) is -0.158. The van der Waals surface area contributed by atoms with Crippen molar-refractivity contribution in [3.05, 3.63) is 82.0 Å². The number of fused-ring (bicyclic) bond motifs is 1. The number of nitrogens with one attached hydrogen (secondary N) is 1. The maximum atomic E-state index is 12.9. The zero-order valence-electron chi connectivity index (χ0n) is 14.5. The summed E-state index contributed by atoms with van der Waals surface area (Å²) in [7, 11) is -3.53. The van der Waals surface area contributed by atoms with Crippen molar-refractivity contribution < 1.29 is 13.2 Å². The lowest BCUT2D eigenvalue weighted by Gasteiger charge is -2.28. The number of anilines is 1. The van der Waals surface area contributed by atoms with Gasteiger partial charge in [-0.05, 0) is 53.3 Å². The van der Waals surface area contributed by atoms with Gasteiger partial charge in [-0.2, -0.15) is 4.31 Å². The van der Waals surface area contributed by atoms with E-state index in [9.17, 15) is 13.2 Å². The van der Waals surface area contributed by atoms with Gasteiger partial charge in [0.05, 0.1) is 9.77 Å². The van der Waals surface area contributed by atoms with E-state index in [-0.39, 0.29) is 5.91 Å². The summed E-state index contributed by atoms with van der Waals surface area (Å²) in [6.45, 7) is 0.750. The first kappa shape index (κ1) is 17.9. The second-order valence-electron chi connectivity index (χ2n) is 6.32. The largest absolute Gasteiger partial charge is 0.321 e. The summed E-state index contributed by atoms with van der Waals surface area (Å²) in [5, 5.41) is 4.74. The molecule has 0 radical (unpaired) electrons. The standard InChI is InChI=1S/C20H18N2O3S2/c23-20(19-7-4-12-26-19)21-17-9-8-15-10-11-22(14-16(15)13-17)27(24,25)18-5-2-1-3-6-18/h1-9,12-13H,10-11,14H2,(H,21,23). The normalized spacial score (nSPS) is 14.5. The van der Waals surface area contributed by atoms with Gasteiger partial charge in [-0.3, -0.25) is 4.79 Å². The number of thiophene rings is 1. The number of benzene rings is 2. The topological polar surface area (TPSA) is 66.5 Å². The maximum Gasteiger partial charge on any atom is 0.265 e. The van der Waals surface area contributed by atoms with E-state index < -0.39 is 10.0 Å². The third kappa shape index (κ3) is 3.66. The van der Waals surface area contributed by atoms with Crippen molar-refractivity contribution >= 4 is 33.0 Å². The fourth-order valence-electron chi connectivity index (χ4n) is 3.16. The van der Waals surface area contributed by atoms with Crippen molar-refractivity contribution in [2.24, 2.45) is 0 Å². The van der Waals surface area contributed by atoms with Gasteiger partial charge in [0.1, 0.15) is 0 Å². The van der Waals surface area contributed by atoms with E-state index in [0.717, 1.165) is 11.1 Å². The minimum Gasteiger partial charge on any atom is -0.321 e. The van der Waals surface area contributed by atoms with Gasteiger partial charge in [-0.25, -0.2) is 8.42 Å². The van der Waals surface area contributed by atoms with E-state index in [4.69, 9.17) is 0 Å². The van der Waals surface area contributed by atoms with Crippen LogP contribution in [-0.4, -0.2) is 25.2 Å². The Morgan fingerprint density at radius 2 is 1.81 bits per heavy atom.